The number of nitrogens with zero attached hydrogens (tertiary/aromatic N) is 3. The second-order valence-electron chi connectivity index (χ2n) is 8.46. The molecule has 6 heteroatoms. The summed E-state index contributed by atoms with van der Waals surface area (Å²) in [6.07, 6.45) is 7.77. The van der Waals surface area contributed by atoms with Gasteiger partial charge in [-0.1, -0.05) is 0 Å². The number of ether oxygens (including phenoxy) is 1. The second kappa shape index (κ2) is 7.27. The lowest BCUT2D eigenvalue weighted by Crippen LogP contribution is -2.40. The zero-order chi connectivity index (χ0) is 20.8. The maximum Gasteiger partial charge on any atom is 0.224 e. The Hall–Kier alpha value is -3.15. The molecule has 30 heavy (non-hydrogen) atoms. The van der Waals surface area contributed by atoms with Gasteiger partial charge in [-0.2, -0.15) is 5.10 Å². The highest BCUT2D eigenvalue weighted by molar-refractivity contribution is 5.95. The van der Waals surface area contributed by atoms with Crippen LogP contribution in [0, 0.1) is 6.92 Å². The minimum Gasteiger partial charge on any atom is -0.438 e. The molecule has 0 radical (unpaired) electrons. The van der Waals surface area contributed by atoms with Gasteiger partial charge >= 0.3 is 0 Å². The van der Waals surface area contributed by atoms with Gasteiger partial charge in [-0.15, -0.1) is 0 Å². The van der Waals surface area contributed by atoms with Crippen LogP contribution in [0.1, 0.15) is 55.8 Å². The third kappa shape index (κ3) is 3.26. The molecule has 0 spiro atoms. The SMILES string of the molecule is CC(=O)N1c2ccc(-c3cn[nH]c3C3CC3)c(Oc3cc(C)ccn3)c2CC[C@@H]1C. The normalized spacial score (nSPS) is 18.2. The number of fused-ring (bicyclic) bond motifs is 1. The van der Waals surface area contributed by atoms with Crippen LogP contribution in [0.2, 0.25) is 0 Å². The zero-order valence-corrected chi connectivity index (χ0v) is 17.6. The van der Waals surface area contributed by atoms with Crippen molar-refractivity contribution in [1.29, 1.82) is 0 Å². The van der Waals surface area contributed by atoms with Crippen LogP contribution in [-0.4, -0.2) is 27.1 Å². The molecule has 1 amide bonds. The van der Waals surface area contributed by atoms with Crippen molar-refractivity contribution in [2.45, 2.75) is 58.4 Å². The third-order valence-corrected chi connectivity index (χ3v) is 6.13. The number of aromatic amines is 1. The van der Waals surface area contributed by atoms with E-state index in [1.165, 1.54) is 18.5 Å². The fourth-order valence-corrected chi connectivity index (χ4v) is 4.48. The molecule has 0 saturated heterocycles. The number of aromatic nitrogens is 3. The van der Waals surface area contributed by atoms with Gasteiger partial charge in [0.2, 0.25) is 11.8 Å². The van der Waals surface area contributed by atoms with Crippen molar-refractivity contribution in [3.8, 4) is 22.8 Å². The minimum absolute atomic E-state index is 0.0535. The van der Waals surface area contributed by atoms with Gasteiger partial charge < -0.3 is 9.64 Å². The molecule has 1 atom stereocenters. The summed E-state index contributed by atoms with van der Waals surface area (Å²) in [7, 11) is 0. The second-order valence-corrected chi connectivity index (χ2v) is 8.46. The first-order valence-electron chi connectivity index (χ1n) is 10.6. The number of nitrogens with one attached hydrogen (secondary N) is 1. The number of pyridine rings is 1. The number of rotatable bonds is 4. The number of carbonyl (C=O) groups excluding carboxylic acids is 1. The van der Waals surface area contributed by atoms with Crippen molar-refractivity contribution in [2.75, 3.05) is 4.90 Å². The standard InChI is InChI=1S/C24H26N4O2/c1-14-10-11-25-22(12-14)30-24-18(20-13-26-27-23(20)17-5-6-17)8-9-21-19(24)7-4-15(2)28(21)16(3)29/h8-13,15,17H,4-7H2,1-3H3,(H,26,27)/t15-/m0/s1. The number of hydrogen-bond acceptors (Lipinski definition) is 4. The quantitative estimate of drug-likeness (QED) is 0.656. The summed E-state index contributed by atoms with van der Waals surface area (Å²) < 4.78 is 6.44. The molecule has 0 unspecified atom stereocenters. The van der Waals surface area contributed by atoms with E-state index in [2.05, 4.69) is 34.2 Å². The average Bonchev–Trinajstić information content (AvgIpc) is 3.44. The van der Waals surface area contributed by atoms with E-state index in [9.17, 15) is 4.79 Å². The zero-order valence-electron chi connectivity index (χ0n) is 17.6. The van der Waals surface area contributed by atoms with Crippen molar-refractivity contribution >= 4 is 11.6 Å². The number of H-pyrrole nitrogens is 1. The summed E-state index contributed by atoms with van der Waals surface area (Å²) in [4.78, 5) is 18.7. The molecule has 6 nitrogen and oxygen atoms in total. The Bertz CT molecular complexity index is 1120. The molecule has 2 aliphatic rings. The van der Waals surface area contributed by atoms with E-state index in [1.54, 1.807) is 13.1 Å². The van der Waals surface area contributed by atoms with Gasteiger partial charge in [-0.25, -0.2) is 4.98 Å². The van der Waals surface area contributed by atoms with Gasteiger partial charge in [0.15, 0.2) is 0 Å². The Morgan fingerprint density at radius 1 is 1.20 bits per heavy atom. The maximum atomic E-state index is 12.4. The molecule has 3 heterocycles. The van der Waals surface area contributed by atoms with Gasteiger partial charge in [0.1, 0.15) is 5.75 Å². The Balaban J connectivity index is 1.69. The van der Waals surface area contributed by atoms with Gasteiger partial charge in [0.25, 0.3) is 0 Å². The van der Waals surface area contributed by atoms with Crippen molar-refractivity contribution in [3.63, 3.8) is 0 Å². The molecule has 1 saturated carbocycles. The molecule has 1 aromatic carbocycles. The monoisotopic (exact) mass is 402 g/mol. The largest absolute Gasteiger partial charge is 0.438 e. The molecule has 3 aromatic rings. The third-order valence-electron chi connectivity index (χ3n) is 6.13. The number of benzene rings is 1. The Morgan fingerprint density at radius 3 is 2.77 bits per heavy atom. The van der Waals surface area contributed by atoms with Crippen LogP contribution in [0.5, 0.6) is 11.6 Å². The van der Waals surface area contributed by atoms with E-state index in [-0.39, 0.29) is 11.9 Å². The first kappa shape index (κ1) is 18.9. The lowest BCUT2D eigenvalue weighted by atomic mass is 9.91. The van der Waals surface area contributed by atoms with Crippen molar-refractivity contribution in [3.05, 3.63) is 53.5 Å². The van der Waals surface area contributed by atoms with Crippen molar-refractivity contribution in [2.24, 2.45) is 0 Å². The fraction of sp³-hybridized carbons (Fsp3) is 0.375. The van der Waals surface area contributed by atoms with Crippen LogP contribution in [-0.2, 0) is 11.2 Å². The molecule has 1 fully saturated rings. The summed E-state index contributed by atoms with van der Waals surface area (Å²) in [5.41, 5.74) is 6.34. The topological polar surface area (TPSA) is 71.1 Å². The minimum atomic E-state index is 0.0535. The summed E-state index contributed by atoms with van der Waals surface area (Å²) in [6.45, 7) is 5.75. The maximum absolute atomic E-state index is 12.4. The lowest BCUT2D eigenvalue weighted by molar-refractivity contribution is -0.117. The molecule has 5 rings (SSSR count). The van der Waals surface area contributed by atoms with Crippen LogP contribution >= 0.6 is 0 Å². The van der Waals surface area contributed by atoms with Crippen LogP contribution < -0.4 is 9.64 Å². The summed E-state index contributed by atoms with van der Waals surface area (Å²) in [6, 6.07) is 8.18. The van der Waals surface area contributed by atoms with Gasteiger partial charge in [0.05, 0.1) is 11.9 Å². The number of hydrogen-bond donors (Lipinski definition) is 1. The van der Waals surface area contributed by atoms with E-state index in [0.29, 0.717) is 11.8 Å². The highest BCUT2D eigenvalue weighted by Gasteiger charge is 2.33. The fourth-order valence-electron chi connectivity index (χ4n) is 4.48. The highest BCUT2D eigenvalue weighted by Crippen LogP contribution is 2.48. The summed E-state index contributed by atoms with van der Waals surface area (Å²) >= 11 is 0. The van der Waals surface area contributed by atoms with Crippen molar-refractivity contribution < 1.29 is 9.53 Å². The molecular weight excluding hydrogens is 376 g/mol. The summed E-state index contributed by atoms with van der Waals surface area (Å²) in [5.74, 6) is 1.94. The molecule has 154 valence electrons. The Kier molecular flexibility index (Phi) is 4.57. The molecule has 1 aliphatic heterocycles. The Morgan fingerprint density at radius 2 is 2.03 bits per heavy atom. The van der Waals surface area contributed by atoms with Crippen LogP contribution in [0.4, 0.5) is 5.69 Å². The highest BCUT2D eigenvalue weighted by atomic mass is 16.5. The predicted molar refractivity (Wildman–Crippen MR) is 116 cm³/mol. The average molecular weight is 402 g/mol. The van der Waals surface area contributed by atoms with Crippen LogP contribution in [0.15, 0.2) is 36.7 Å². The number of anilines is 1. The number of amides is 1. The molecule has 1 N–H and O–H groups in total. The number of aryl methyl sites for hydroxylation is 1. The Labute approximate surface area is 176 Å². The molecule has 1 aliphatic carbocycles. The van der Waals surface area contributed by atoms with E-state index in [4.69, 9.17) is 4.74 Å². The van der Waals surface area contributed by atoms with E-state index in [0.717, 1.165) is 46.5 Å². The summed E-state index contributed by atoms with van der Waals surface area (Å²) in [5, 5.41) is 7.52. The van der Waals surface area contributed by atoms with E-state index < -0.39 is 0 Å². The van der Waals surface area contributed by atoms with Crippen LogP contribution in [0.3, 0.4) is 0 Å². The molecular formula is C24H26N4O2. The first-order valence-corrected chi connectivity index (χ1v) is 10.6. The first-order chi connectivity index (χ1) is 14.5. The van der Waals surface area contributed by atoms with Gasteiger partial charge in [-0.3, -0.25) is 9.89 Å². The van der Waals surface area contributed by atoms with Crippen molar-refractivity contribution in [1.82, 2.24) is 15.2 Å². The lowest BCUT2D eigenvalue weighted by Gasteiger charge is -2.36. The number of carbonyl (C=O) groups is 1. The van der Waals surface area contributed by atoms with Crippen LogP contribution in [0.25, 0.3) is 11.1 Å². The molecule has 2 aromatic heterocycles. The predicted octanol–water partition coefficient (Wildman–Crippen LogP) is 5.14. The van der Waals surface area contributed by atoms with E-state index in [1.807, 2.05) is 30.2 Å². The molecule has 0 bridgehead atoms. The van der Waals surface area contributed by atoms with Gasteiger partial charge in [-0.05, 0) is 63.3 Å². The van der Waals surface area contributed by atoms with Gasteiger partial charge in [0, 0.05) is 53.5 Å². The smallest absolute Gasteiger partial charge is 0.224 e. The van der Waals surface area contributed by atoms with E-state index >= 15 is 0 Å².